The van der Waals surface area contributed by atoms with Crippen LogP contribution in [0.2, 0.25) is 0 Å². The van der Waals surface area contributed by atoms with E-state index in [0.717, 1.165) is 21.7 Å². The van der Waals surface area contributed by atoms with Gasteiger partial charge in [0, 0.05) is 10.0 Å². The van der Waals surface area contributed by atoms with Crippen LogP contribution < -0.4 is 5.32 Å². The van der Waals surface area contributed by atoms with Gasteiger partial charge < -0.3 is 5.32 Å². The van der Waals surface area contributed by atoms with Gasteiger partial charge in [0.1, 0.15) is 11.6 Å². The lowest BCUT2D eigenvalue weighted by Gasteiger charge is -2.19. The molecule has 1 atom stereocenters. The minimum atomic E-state index is -0.476. The molecule has 0 aromatic heterocycles. The first kappa shape index (κ1) is 15.6. The van der Waals surface area contributed by atoms with Crippen LogP contribution in [0.1, 0.15) is 22.7 Å². The van der Waals surface area contributed by atoms with Crippen LogP contribution in [-0.2, 0) is 0 Å². The zero-order valence-electron chi connectivity index (χ0n) is 11.0. The average molecular weight is 405 g/mol. The molecule has 2 rings (SSSR count). The molecule has 0 aliphatic carbocycles. The van der Waals surface area contributed by atoms with E-state index in [1.54, 1.807) is 7.05 Å². The van der Waals surface area contributed by atoms with Gasteiger partial charge in [-0.25, -0.2) is 8.78 Å². The van der Waals surface area contributed by atoms with Crippen molar-refractivity contribution >= 4 is 31.9 Å². The lowest BCUT2D eigenvalue weighted by molar-refractivity contribution is 0.554. The maximum atomic E-state index is 14.1. The molecule has 0 fully saturated rings. The molecule has 0 heterocycles. The van der Waals surface area contributed by atoms with Gasteiger partial charge >= 0.3 is 0 Å². The van der Waals surface area contributed by atoms with Gasteiger partial charge in [-0.2, -0.15) is 0 Å². The lowest BCUT2D eigenvalue weighted by atomic mass is 9.97. The summed E-state index contributed by atoms with van der Waals surface area (Å²) in [7, 11) is 1.72. The Morgan fingerprint density at radius 3 is 2.30 bits per heavy atom. The first-order valence-corrected chi connectivity index (χ1v) is 7.60. The Labute approximate surface area is 133 Å². The van der Waals surface area contributed by atoms with Crippen molar-refractivity contribution in [2.24, 2.45) is 0 Å². The van der Waals surface area contributed by atoms with Crippen molar-refractivity contribution in [1.29, 1.82) is 0 Å². The van der Waals surface area contributed by atoms with E-state index in [0.29, 0.717) is 0 Å². The maximum Gasteiger partial charge on any atom is 0.137 e. The predicted octanol–water partition coefficient (Wildman–Crippen LogP) is 5.11. The summed E-state index contributed by atoms with van der Waals surface area (Å²) < 4.78 is 28.9. The average Bonchev–Trinajstić information content (AvgIpc) is 2.40. The standard InChI is InChI=1S/C15H13Br2F2N/c1-8-5-9(3-4-11(8)16)15(20-2)10-6-14(19)12(17)7-13(10)18/h3-7,15,20H,1-2H3. The molecular weight excluding hydrogens is 392 g/mol. The number of hydrogen-bond acceptors (Lipinski definition) is 1. The maximum absolute atomic E-state index is 14.1. The van der Waals surface area contributed by atoms with Crippen LogP contribution in [0.5, 0.6) is 0 Å². The smallest absolute Gasteiger partial charge is 0.137 e. The van der Waals surface area contributed by atoms with E-state index in [2.05, 4.69) is 37.2 Å². The fourth-order valence-corrected chi connectivity index (χ4v) is 2.67. The van der Waals surface area contributed by atoms with Crippen molar-refractivity contribution in [2.45, 2.75) is 13.0 Å². The van der Waals surface area contributed by atoms with Gasteiger partial charge in [-0.05, 0) is 59.2 Å². The molecule has 2 aromatic carbocycles. The van der Waals surface area contributed by atoms with Crippen molar-refractivity contribution in [3.63, 3.8) is 0 Å². The highest BCUT2D eigenvalue weighted by atomic mass is 79.9. The monoisotopic (exact) mass is 403 g/mol. The molecule has 0 aliphatic heterocycles. The lowest BCUT2D eigenvalue weighted by Crippen LogP contribution is -2.19. The van der Waals surface area contributed by atoms with E-state index < -0.39 is 17.7 Å². The second-order valence-electron chi connectivity index (χ2n) is 4.52. The topological polar surface area (TPSA) is 12.0 Å². The molecule has 0 saturated heterocycles. The summed E-state index contributed by atoms with van der Waals surface area (Å²) in [5, 5.41) is 3.03. The van der Waals surface area contributed by atoms with E-state index in [4.69, 9.17) is 0 Å². The van der Waals surface area contributed by atoms with Gasteiger partial charge in [-0.3, -0.25) is 0 Å². The first-order chi connectivity index (χ1) is 9.43. The fraction of sp³-hybridized carbons (Fsp3) is 0.200. The molecular formula is C15H13Br2F2N. The largest absolute Gasteiger partial charge is 0.309 e. The third kappa shape index (κ3) is 3.10. The van der Waals surface area contributed by atoms with E-state index >= 15 is 0 Å². The molecule has 5 heteroatoms. The Morgan fingerprint density at radius 2 is 1.70 bits per heavy atom. The summed E-state index contributed by atoms with van der Waals surface area (Å²) in [5.74, 6) is -0.923. The Bertz CT molecular complexity index is 644. The van der Waals surface area contributed by atoms with E-state index in [1.165, 1.54) is 6.07 Å². The molecule has 20 heavy (non-hydrogen) atoms. The van der Waals surface area contributed by atoms with E-state index in [-0.39, 0.29) is 10.0 Å². The molecule has 0 spiro atoms. The van der Waals surface area contributed by atoms with Crippen molar-refractivity contribution < 1.29 is 8.78 Å². The first-order valence-electron chi connectivity index (χ1n) is 6.01. The molecule has 0 saturated carbocycles. The van der Waals surface area contributed by atoms with Crippen LogP contribution in [-0.4, -0.2) is 7.05 Å². The third-order valence-electron chi connectivity index (χ3n) is 3.15. The summed E-state index contributed by atoms with van der Waals surface area (Å²) in [4.78, 5) is 0. The molecule has 106 valence electrons. The second kappa shape index (κ2) is 6.33. The number of aryl methyl sites for hydroxylation is 1. The number of benzene rings is 2. The molecule has 1 N–H and O–H groups in total. The van der Waals surface area contributed by atoms with Crippen molar-refractivity contribution in [3.8, 4) is 0 Å². The number of halogens is 4. The van der Waals surface area contributed by atoms with Crippen molar-refractivity contribution in [1.82, 2.24) is 5.32 Å². The molecule has 0 radical (unpaired) electrons. The van der Waals surface area contributed by atoms with E-state index in [1.807, 2.05) is 25.1 Å². The molecule has 1 unspecified atom stereocenters. The van der Waals surface area contributed by atoms with Crippen molar-refractivity contribution in [2.75, 3.05) is 7.05 Å². The summed E-state index contributed by atoms with van der Waals surface area (Å²) >= 11 is 6.42. The second-order valence-corrected chi connectivity index (χ2v) is 6.23. The van der Waals surface area contributed by atoms with Gasteiger partial charge in [0.05, 0.1) is 10.5 Å². The Morgan fingerprint density at radius 1 is 1.00 bits per heavy atom. The number of rotatable bonds is 3. The minimum absolute atomic E-state index is 0.126. The summed E-state index contributed by atoms with van der Waals surface area (Å²) in [6, 6.07) is 7.72. The third-order valence-corrected chi connectivity index (χ3v) is 4.65. The summed E-state index contributed by atoms with van der Waals surface area (Å²) in [5.41, 5.74) is 2.21. The predicted molar refractivity (Wildman–Crippen MR) is 83.8 cm³/mol. The van der Waals surface area contributed by atoms with Crippen LogP contribution in [0.15, 0.2) is 39.3 Å². The van der Waals surface area contributed by atoms with E-state index in [9.17, 15) is 8.78 Å². The molecule has 2 aromatic rings. The van der Waals surface area contributed by atoms with Crippen LogP contribution in [0.4, 0.5) is 8.78 Å². The number of nitrogens with one attached hydrogen (secondary N) is 1. The zero-order valence-corrected chi connectivity index (χ0v) is 14.1. The quantitative estimate of drug-likeness (QED) is 0.701. The summed E-state index contributed by atoms with van der Waals surface area (Å²) in [6.07, 6.45) is 0. The summed E-state index contributed by atoms with van der Waals surface area (Å²) in [6.45, 7) is 1.96. The highest BCUT2D eigenvalue weighted by molar-refractivity contribution is 9.10. The molecule has 1 nitrogen and oxygen atoms in total. The van der Waals surface area contributed by atoms with Crippen LogP contribution in [0.25, 0.3) is 0 Å². The SMILES string of the molecule is CNC(c1ccc(Br)c(C)c1)c1cc(F)c(Br)cc1F. The molecule has 0 amide bonds. The molecule has 0 bridgehead atoms. The Hall–Kier alpha value is -0.780. The van der Waals surface area contributed by atoms with Gasteiger partial charge in [-0.1, -0.05) is 28.1 Å². The number of hydrogen-bond donors (Lipinski definition) is 1. The van der Waals surface area contributed by atoms with Gasteiger partial charge in [0.2, 0.25) is 0 Å². The highest BCUT2D eigenvalue weighted by Gasteiger charge is 2.19. The van der Waals surface area contributed by atoms with Crippen LogP contribution >= 0.6 is 31.9 Å². The van der Waals surface area contributed by atoms with Crippen molar-refractivity contribution in [3.05, 3.63) is 67.6 Å². The van der Waals surface area contributed by atoms with Gasteiger partial charge in [-0.15, -0.1) is 0 Å². The minimum Gasteiger partial charge on any atom is -0.309 e. The fourth-order valence-electron chi connectivity index (χ4n) is 2.11. The Balaban J connectivity index is 2.52. The van der Waals surface area contributed by atoms with Gasteiger partial charge in [0.25, 0.3) is 0 Å². The van der Waals surface area contributed by atoms with Crippen LogP contribution in [0.3, 0.4) is 0 Å². The van der Waals surface area contributed by atoms with Gasteiger partial charge in [0.15, 0.2) is 0 Å². The zero-order chi connectivity index (χ0) is 14.9. The normalized spacial score (nSPS) is 12.5. The highest BCUT2D eigenvalue weighted by Crippen LogP contribution is 2.30. The molecule has 0 aliphatic rings. The Kier molecular flexibility index (Phi) is 4.94. The van der Waals surface area contributed by atoms with Crippen LogP contribution in [0, 0.1) is 18.6 Å².